The minimum atomic E-state index is -0.464. The highest BCUT2D eigenvalue weighted by Crippen LogP contribution is 2.20. The fraction of sp³-hybridized carbons (Fsp3) is 0.105. The molecular formula is C19H15F2N3O2S. The second kappa shape index (κ2) is 8.59. The third-order valence-electron chi connectivity index (χ3n) is 3.55. The Bertz CT molecular complexity index is 1020. The summed E-state index contributed by atoms with van der Waals surface area (Å²) in [5, 5.41) is 2.84. The summed E-state index contributed by atoms with van der Waals surface area (Å²) >= 11 is 1.16. The molecule has 8 heteroatoms. The van der Waals surface area contributed by atoms with Crippen LogP contribution < -0.4 is 10.9 Å². The van der Waals surface area contributed by atoms with Crippen LogP contribution in [-0.4, -0.2) is 15.9 Å². The smallest absolute Gasteiger partial charge is 0.251 e. The van der Waals surface area contributed by atoms with Crippen molar-refractivity contribution in [3.8, 4) is 0 Å². The van der Waals surface area contributed by atoms with Gasteiger partial charge in [-0.2, -0.15) is 0 Å². The number of halogens is 2. The fourth-order valence-corrected chi connectivity index (χ4v) is 3.22. The van der Waals surface area contributed by atoms with Gasteiger partial charge in [0.15, 0.2) is 5.16 Å². The predicted octanol–water partition coefficient (Wildman–Crippen LogP) is 3.52. The molecule has 27 heavy (non-hydrogen) atoms. The van der Waals surface area contributed by atoms with Gasteiger partial charge in [0.05, 0.1) is 12.1 Å². The van der Waals surface area contributed by atoms with Crippen molar-refractivity contribution in [1.29, 1.82) is 0 Å². The van der Waals surface area contributed by atoms with Crippen molar-refractivity contribution < 1.29 is 13.6 Å². The topological polar surface area (TPSA) is 74.8 Å². The summed E-state index contributed by atoms with van der Waals surface area (Å²) in [6.45, 7) is 0. The van der Waals surface area contributed by atoms with Crippen LogP contribution in [0.25, 0.3) is 0 Å². The van der Waals surface area contributed by atoms with Crippen LogP contribution in [0.2, 0.25) is 0 Å². The number of rotatable bonds is 6. The largest absolute Gasteiger partial charge is 0.326 e. The van der Waals surface area contributed by atoms with Crippen molar-refractivity contribution in [2.24, 2.45) is 0 Å². The molecule has 2 aromatic carbocycles. The van der Waals surface area contributed by atoms with Crippen molar-refractivity contribution in [3.63, 3.8) is 0 Å². The lowest BCUT2D eigenvalue weighted by Gasteiger charge is -2.07. The number of anilines is 1. The zero-order valence-corrected chi connectivity index (χ0v) is 14.9. The molecule has 0 bridgehead atoms. The molecule has 0 saturated carbocycles. The molecule has 138 valence electrons. The highest BCUT2D eigenvalue weighted by molar-refractivity contribution is 7.98. The van der Waals surface area contributed by atoms with Crippen LogP contribution in [0.1, 0.15) is 11.3 Å². The van der Waals surface area contributed by atoms with E-state index in [2.05, 4.69) is 15.3 Å². The molecule has 1 aromatic heterocycles. The summed E-state index contributed by atoms with van der Waals surface area (Å²) in [5.74, 6) is -0.940. The van der Waals surface area contributed by atoms with Crippen LogP contribution in [0.15, 0.2) is 64.5 Å². The minimum Gasteiger partial charge on any atom is -0.326 e. The number of aromatic amines is 1. The van der Waals surface area contributed by atoms with E-state index in [-0.39, 0.29) is 23.7 Å². The van der Waals surface area contributed by atoms with Crippen LogP contribution >= 0.6 is 11.8 Å². The summed E-state index contributed by atoms with van der Waals surface area (Å²) in [5.41, 5.74) is 0.664. The molecule has 5 nitrogen and oxygen atoms in total. The van der Waals surface area contributed by atoms with E-state index in [1.165, 1.54) is 30.3 Å². The molecular weight excluding hydrogens is 372 g/mol. The van der Waals surface area contributed by atoms with E-state index < -0.39 is 17.3 Å². The number of carbonyl (C=O) groups is 1. The van der Waals surface area contributed by atoms with Crippen molar-refractivity contribution in [2.75, 3.05) is 5.32 Å². The Kier molecular flexibility index (Phi) is 5.97. The lowest BCUT2D eigenvalue weighted by molar-refractivity contribution is -0.115. The first-order valence-electron chi connectivity index (χ1n) is 8.01. The van der Waals surface area contributed by atoms with Gasteiger partial charge >= 0.3 is 0 Å². The average molecular weight is 387 g/mol. The van der Waals surface area contributed by atoms with Crippen molar-refractivity contribution >= 4 is 23.4 Å². The van der Waals surface area contributed by atoms with E-state index in [0.717, 1.165) is 11.8 Å². The summed E-state index contributed by atoms with van der Waals surface area (Å²) in [6, 6.07) is 13.1. The number of H-pyrrole nitrogens is 1. The van der Waals surface area contributed by atoms with Crippen molar-refractivity contribution in [1.82, 2.24) is 9.97 Å². The van der Waals surface area contributed by atoms with Crippen LogP contribution in [-0.2, 0) is 17.0 Å². The summed E-state index contributed by atoms with van der Waals surface area (Å²) in [6.07, 6.45) is -0.145. The second-order valence-corrected chi connectivity index (χ2v) is 6.62. The van der Waals surface area contributed by atoms with E-state index in [4.69, 9.17) is 0 Å². The highest BCUT2D eigenvalue weighted by Gasteiger charge is 2.10. The molecule has 0 atom stereocenters. The first-order chi connectivity index (χ1) is 13.0. The molecule has 3 aromatic rings. The van der Waals surface area contributed by atoms with Gasteiger partial charge in [-0.25, -0.2) is 13.8 Å². The van der Waals surface area contributed by atoms with Gasteiger partial charge in [0, 0.05) is 17.5 Å². The van der Waals surface area contributed by atoms with E-state index >= 15 is 0 Å². The van der Waals surface area contributed by atoms with Gasteiger partial charge in [-0.1, -0.05) is 36.0 Å². The molecule has 1 heterocycles. The maximum atomic E-state index is 13.7. The molecule has 0 aliphatic heterocycles. The third-order valence-corrected chi connectivity index (χ3v) is 4.47. The van der Waals surface area contributed by atoms with E-state index in [0.29, 0.717) is 16.4 Å². The number of aromatic nitrogens is 2. The zero-order valence-electron chi connectivity index (χ0n) is 14.0. The lowest BCUT2D eigenvalue weighted by atomic mass is 10.2. The molecule has 0 saturated heterocycles. The number of thioether (sulfide) groups is 1. The van der Waals surface area contributed by atoms with Crippen LogP contribution in [0.4, 0.5) is 14.5 Å². The zero-order chi connectivity index (χ0) is 19.2. The quantitative estimate of drug-likeness (QED) is 0.501. The van der Waals surface area contributed by atoms with Gasteiger partial charge in [0.2, 0.25) is 5.91 Å². The van der Waals surface area contributed by atoms with E-state index in [1.807, 2.05) is 0 Å². The van der Waals surface area contributed by atoms with Crippen molar-refractivity contribution in [3.05, 3.63) is 87.8 Å². The number of benzene rings is 2. The first-order valence-corrected chi connectivity index (χ1v) is 9.00. The van der Waals surface area contributed by atoms with Crippen molar-refractivity contribution in [2.45, 2.75) is 17.3 Å². The van der Waals surface area contributed by atoms with Gasteiger partial charge < -0.3 is 10.3 Å². The fourth-order valence-electron chi connectivity index (χ4n) is 2.34. The van der Waals surface area contributed by atoms with E-state index in [9.17, 15) is 18.4 Å². The average Bonchev–Trinajstić information content (AvgIpc) is 2.60. The molecule has 3 rings (SSSR count). The Morgan fingerprint density at radius 1 is 1.11 bits per heavy atom. The Morgan fingerprint density at radius 2 is 1.93 bits per heavy atom. The number of nitrogens with zero attached hydrogens (tertiary/aromatic N) is 1. The SMILES string of the molecule is O=C(Cc1cc(=O)[nH]c(SCc2ccccc2F)n1)Nc1cccc(F)c1. The number of hydrogen-bond donors (Lipinski definition) is 2. The molecule has 0 aliphatic carbocycles. The number of amides is 1. The molecule has 0 fully saturated rings. The Hall–Kier alpha value is -3.00. The number of nitrogens with one attached hydrogen (secondary N) is 2. The maximum absolute atomic E-state index is 13.7. The van der Waals surface area contributed by atoms with E-state index in [1.54, 1.807) is 24.3 Å². The molecule has 0 aliphatic rings. The number of carbonyl (C=O) groups excluding carboxylic acids is 1. The van der Waals surface area contributed by atoms with Crippen LogP contribution in [0.5, 0.6) is 0 Å². The third kappa shape index (κ3) is 5.49. The van der Waals surface area contributed by atoms with Gasteiger partial charge in [-0.15, -0.1) is 0 Å². The Balaban J connectivity index is 1.67. The van der Waals surface area contributed by atoms with Gasteiger partial charge in [-0.3, -0.25) is 9.59 Å². The van der Waals surface area contributed by atoms with Gasteiger partial charge in [-0.05, 0) is 29.8 Å². The molecule has 0 spiro atoms. The summed E-state index contributed by atoms with van der Waals surface area (Å²) in [4.78, 5) is 30.7. The minimum absolute atomic E-state index is 0.145. The van der Waals surface area contributed by atoms with Gasteiger partial charge in [0.25, 0.3) is 5.56 Å². The maximum Gasteiger partial charge on any atom is 0.251 e. The highest BCUT2D eigenvalue weighted by atomic mass is 32.2. The summed E-state index contributed by atoms with van der Waals surface area (Å²) < 4.78 is 26.8. The molecule has 0 unspecified atom stereocenters. The summed E-state index contributed by atoms with van der Waals surface area (Å²) in [7, 11) is 0. The first kappa shape index (κ1) is 18.8. The second-order valence-electron chi connectivity index (χ2n) is 5.66. The van der Waals surface area contributed by atoms with Crippen LogP contribution in [0.3, 0.4) is 0 Å². The Morgan fingerprint density at radius 3 is 2.70 bits per heavy atom. The molecule has 1 amide bonds. The predicted molar refractivity (Wildman–Crippen MR) is 99.6 cm³/mol. The standard InChI is InChI=1S/C19H15F2N3O2S/c20-13-5-3-6-14(8-13)22-17(25)9-15-10-18(26)24-19(23-15)27-11-12-4-1-2-7-16(12)21/h1-8,10H,9,11H2,(H,22,25)(H,23,24,26). The number of hydrogen-bond acceptors (Lipinski definition) is 4. The molecule has 0 radical (unpaired) electrons. The lowest BCUT2D eigenvalue weighted by Crippen LogP contribution is -2.18. The molecule has 2 N–H and O–H groups in total. The Labute approximate surface area is 157 Å². The van der Waals surface area contributed by atoms with Crippen LogP contribution in [0, 0.1) is 11.6 Å². The van der Waals surface area contributed by atoms with Gasteiger partial charge in [0.1, 0.15) is 11.6 Å². The normalized spacial score (nSPS) is 10.6. The monoisotopic (exact) mass is 387 g/mol.